The molecule has 1 aromatic carbocycles. The number of hydrogen-bond donors (Lipinski definition) is 1. The normalized spacial score (nSPS) is 17.7. The Kier molecular flexibility index (Phi) is 6.03. The number of ether oxygens (including phenoxy) is 1. The first kappa shape index (κ1) is 16.3. The summed E-state index contributed by atoms with van der Waals surface area (Å²) in [5.74, 6) is 0.0859. The molecule has 5 heteroatoms. The largest absolute Gasteiger partial charge is 0.379 e. The van der Waals surface area contributed by atoms with Crippen molar-refractivity contribution in [1.29, 1.82) is 0 Å². The van der Waals surface area contributed by atoms with Crippen molar-refractivity contribution >= 4 is 17.5 Å². The summed E-state index contributed by atoms with van der Waals surface area (Å²) in [6.07, 6.45) is 0. The number of benzene rings is 1. The van der Waals surface area contributed by atoms with E-state index in [-0.39, 0.29) is 17.9 Å². The molecule has 0 bridgehead atoms. The maximum atomic E-state index is 11.8. The van der Waals surface area contributed by atoms with Gasteiger partial charge in [0.1, 0.15) is 0 Å². The van der Waals surface area contributed by atoms with Gasteiger partial charge in [-0.2, -0.15) is 0 Å². The molecule has 1 aliphatic rings. The van der Waals surface area contributed by atoms with Crippen LogP contribution in [0.2, 0.25) is 5.02 Å². The molecule has 1 heterocycles. The van der Waals surface area contributed by atoms with E-state index in [2.05, 4.69) is 10.2 Å². The van der Waals surface area contributed by atoms with Gasteiger partial charge in [-0.1, -0.05) is 37.6 Å². The van der Waals surface area contributed by atoms with Gasteiger partial charge in [0, 0.05) is 30.6 Å². The lowest BCUT2D eigenvalue weighted by Crippen LogP contribution is -2.44. The van der Waals surface area contributed by atoms with Crippen LogP contribution in [-0.2, 0) is 9.53 Å². The first-order chi connectivity index (χ1) is 10.1. The summed E-state index contributed by atoms with van der Waals surface area (Å²) in [5, 5.41) is 3.77. The Balaban J connectivity index is 2.09. The van der Waals surface area contributed by atoms with Crippen LogP contribution >= 0.6 is 11.6 Å². The fourth-order valence-corrected chi connectivity index (χ4v) is 2.56. The molecule has 0 aliphatic carbocycles. The summed E-state index contributed by atoms with van der Waals surface area (Å²) in [4.78, 5) is 14.2. The van der Waals surface area contributed by atoms with Crippen molar-refractivity contribution in [1.82, 2.24) is 10.2 Å². The number of nitrogens with zero attached hydrogens (tertiary/aromatic N) is 1. The van der Waals surface area contributed by atoms with Crippen molar-refractivity contribution in [3.05, 3.63) is 34.9 Å². The third-order valence-electron chi connectivity index (χ3n) is 3.74. The second-order valence-electron chi connectivity index (χ2n) is 5.62. The van der Waals surface area contributed by atoms with E-state index in [1.807, 2.05) is 38.1 Å². The average Bonchev–Trinajstić information content (AvgIpc) is 2.50. The fourth-order valence-electron chi connectivity index (χ4n) is 2.43. The number of carbonyl (C=O) groups excluding carboxylic acids is 1. The Morgan fingerprint density at radius 3 is 2.48 bits per heavy atom. The van der Waals surface area contributed by atoms with Crippen molar-refractivity contribution in [2.24, 2.45) is 5.92 Å². The van der Waals surface area contributed by atoms with E-state index in [1.54, 1.807) is 0 Å². The van der Waals surface area contributed by atoms with Gasteiger partial charge in [-0.25, -0.2) is 0 Å². The molecule has 116 valence electrons. The Labute approximate surface area is 131 Å². The van der Waals surface area contributed by atoms with E-state index >= 15 is 0 Å². The van der Waals surface area contributed by atoms with Crippen LogP contribution in [0.1, 0.15) is 25.5 Å². The third-order valence-corrected chi connectivity index (χ3v) is 3.99. The maximum Gasteiger partial charge on any atom is 0.222 e. The van der Waals surface area contributed by atoms with Crippen molar-refractivity contribution < 1.29 is 9.53 Å². The minimum absolute atomic E-state index is 0.000516. The molecule has 0 saturated carbocycles. The van der Waals surface area contributed by atoms with Crippen LogP contribution in [0.25, 0.3) is 0 Å². The van der Waals surface area contributed by atoms with Crippen molar-refractivity contribution in [2.45, 2.75) is 19.9 Å². The number of hydrogen-bond acceptors (Lipinski definition) is 3. The zero-order valence-corrected chi connectivity index (χ0v) is 13.4. The van der Waals surface area contributed by atoms with Gasteiger partial charge < -0.3 is 10.1 Å². The Bertz CT molecular complexity index is 456. The summed E-state index contributed by atoms with van der Waals surface area (Å²) in [7, 11) is 0. The highest BCUT2D eigenvalue weighted by Crippen LogP contribution is 2.23. The molecule has 4 nitrogen and oxygen atoms in total. The summed E-state index contributed by atoms with van der Waals surface area (Å²) >= 11 is 5.97. The van der Waals surface area contributed by atoms with Crippen molar-refractivity contribution in [3.63, 3.8) is 0 Å². The monoisotopic (exact) mass is 310 g/mol. The molecule has 0 aromatic heterocycles. The number of nitrogens with one attached hydrogen (secondary N) is 1. The lowest BCUT2D eigenvalue weighted by molar-refractivity contribution is -0.124. The molecule has 1 saturated heterocycles. The Hall–Kier alpha value is -1.10. The summed E-state index contributed by atoms with van der Waals surface area (Å²) in [5.41, 5.74) is 1.17. The zero-order valence-electron chi connectivity index (χ0n) is 12.6. The standard InChI is InChI=1S/C16H23ClN2O2/c1-12(2)16(20)18-11-15(19-7-9-21-10-8-19)13-3-5-14(17)6-4-13/h3-6,12,15H,7-11H2,1-2H3,(H,18,20). The number of rotatable bonds is 5. The number of halogens is 1. The molecule has 1 amide bonds. The highest BCUT2D eigenvalue weighted by Gasteiger charge is 2.23. The van der Waals surface area contributed by atoms with Crippen molar-refractivity contribution in [2.75, 3.05) is 32.8 Å². The Morgan fingerprint density at radius 1 is 1.29 bits per heavy atom. The predicted octanol–water partition coefficient (Wildman–Crippen LogP) is 2.49. The topological polar surface area (TPSA) is 41.6 Å². The van der Waals surface area contributed by atoms with E-state index in [0.29, 0.717) is 6.54 Å². The SMILES string of the molecule is CC(C)C(=O)NCC(c1ccc(Cl)cc1)N1CCOCC1. The van der Waals surface area contributed by atoms with Crippen molar-refractivity contribution in [3.8, 4) is 0 Å². The number of morpholine rings is 1. The van der Waals surface area contributed by atoms with Crippen LogP contribution in [-0.4, -0.2) is 43.7 Å². The van der Waals surface area contributed by atoms with E-state index in [0.717, 1.165) is 31.3 Å². The van der Waals surface area contributed by atoms with Crippen LogP contribution in [0.15, 0.2) is 24.3 Å². The second kappa shape index (κ2) is 7.78. The van der Waals surface area contributed by atoms with Gasteiger partial charge in [-0.05, 0) is 17.7 Å². The second-order valence-corrected chi connectivity index (χ2v) is 6.05. The van der Waals surface area contributed by atoms with Gasteiger partial charge in [-0.15, -0.1) is 0 Å². The highest BCUT2D eigenvalue weighted by atomic mass is 35.5. The predicted molar refractivity (Wildman–Crippen MR) is 84.4 cm³/mol. The summed E-state index contributed by atoms with van der Waals surface area (Å²) in [6, 6.07) is 8.02. The van der Waals surface area contributed by atoms with E-state index in [1.165, 1.54) is 5.56 Å². The van der Waals surface area contributed by atoms with E-state index in [9.17, 15) is 4.79 Å². The Morgan fingerprint density at radius 2 is 1.90 bits per heavy atom. The van der Waals surface area contributed by atoms with Gasteiger partial charge in [0.05, 0.1) is 19.3 Å². The molecule has 1 aromatic rings. The van der Waals surface area contributed by atoms with Crippen LogP contribution in [0.4, 0.5) is 0 Å². The van der Waals surface area contributed by atoms with Crippen LogP contribution in [0.3, 0.4) is 0 Å². The molecule has 2 rings (SSSR count). The number of amides is 1. The molecule has 0 spiro atoms. The molecular weight excluding hydrogens is 288 g/mol. The van der Waals surface area contributed by atoms with Crippen LogP contribution in [0.5, 0.6) is 0 Å². The minimum Gasteiger partial charge on any atom is -0.379 e. The lowest BCUT2D eigenvalue weighted by Gasteiger charge is -2.35. The first-order valence-corrected chi connectivity index (χ1v) is 7.80. The fraction of sp³-hybridized carbons (Fsp3) is 0.562. The molecule has 21 heavy (non-hydrogen) atoms. The summed E-state index contributed by atoms with van der Waals surface area (Å²) < 4.78 is 5.42. The van der Waals surface area contributed by atoms with Gasteiger partial charge in [0.25, 0.3) is 0 Å². The molecule has 1 atom stereocenters. The van der Waals surface area contributed by atoms with E-state index in [4.69, 9.17) is 16.3 Å². The van der Waals surface area contributed by atoms with Gasteiger partial charge in [0.2, 0.25) is 5.91 Å². The highest BCUT2D eigenvalue weighted by molar-refractivity contribution is 6.30. The van der Waals surface area contributed by atoms with Gasteiger partial charge in [-0.3, -0.25) is 9.69 Å². The molecule has 1 fully saturated rings. The zero-order chi connectivity index (χ0) is 15.2. The van der Waals surface area contributed by atoms with Gasteiger partial charge >= 0.3 is 0 Å². The lowest BCUT2D eigenvalue weighted by atomic mass is 10.0. The van der Waals surface area contributed by atoms with Gasteiger partial charge in [0.15, 0.2) is 0 Å². The first-order valence-electron chi connectivity index (χ1n) is 7.43. The molecular formula is C16H23ClN2O2. The van der Waals surface area contributed by atoms with Crippen LogP contribution < -0.4 is 5.32 Å². The molecule has 0 radical (unpaired) electrons. The smallest absolute Gasteiger partial charge is 0.222 e. The summed E-state index contributed by atoms with van der Waals surface area (Å²) in [6.45, 7) is 7.65. The molecule has 1 unspecified atom stereocenters. The quantitative estimate of drug-likeness (QED) is 0.908. The van der Waals surface area contributed by atoms with Crippen LogP contribution in [0, 0.1) is 5.92 Å². The number of carbonyl (C=O) groups is 1. The molecule has 1 N–H and O–H groups in total. The third kappa shape index (κ3) is 4.70. The average molecular weight is 311 g/mol. The molecule has 1 aliphatic heterocycles. The van der Waals surface area contributed by atoms with E-state index < -0.39 is 0 Å². The maximum absolute atomic E-state index is 11.8. The minimum atomic E-state index is 0.000516.